The normalized spacial score (nSPS) is 11.8. The molecule has 0 amide bonds. The lowest BCUT2D eigenvalue weighted by molar-refractivity contribution is 0.542. The van der Waals surface area contributed by atoms with Crippen LogP contribution in [0.25, 0.3) is 0 Å². The van der Waals surface area contributed by atoms with Crippen LogP contribution in [0.4, 0.5) is 0 Å². The summed E-state index contributed by atoms with van der Waals surface area (Å²) in [6.07, 6.45) is 0.927. The molecule has 0 spiro atoms. The molecule has 0 atom stereocenters. The molecule has 1 heterocycles. The van der Waals surface area contributed by atoms with Crippen molar-refractivity contribution in [3.05, 3.63) is 50.4 Å². The molecule has 102 valence electrons. The summed E-state index contributed by atoms with van der Waals surface area (Å²) in [5, 5.41) is 5.07. The van der Waals surface area contributed by atoms with Gasteiger partial charge in [-0.15, -0.1) is 11.3 Å². The van der Waals surface area contributed by atoms with E-state index in [2.05, 4.69) is 83.3 Å². The number of hydrogen-bond acceptors (Lipinski definition) is 2. The van der Waals surface area contributed by atoms with Crippen molar-refractivity contribution in [3.63, 3.8) is 0 Å². The van der Waals surface area contributed by atoms with Gasteiger partial charge < -0.3 is 0 Å². The van der Waals surface area contributed by atoms with Crippen LogP contribution in [0.15, 0.2) is 34.1 Å². The minimum Gasteiger partial charge on any atom is -0.247 e. The first kappa shape index (κ1) is 15.7. The van der Waals surface area contributed by atoms with Gasteiger partial charge in [-0.3, -0.25) is 0 Å². The molecular weight excluding hydrogens is 454 g/mol. The fourth-order valence-corrected chi connectivity index (χ4v) is 5.34. The third-order valence-corrected chi connectivity index (χ3v) is 6.80. The van der Waals surface area contributed by atoms with Crippen LogP contribution in [-0.4, -0.2) is 15.6 Å². The molecule has 0 aliphatic carbocycles. The minimum atomic E-state index is 0.0145. The summed E-state index contributed by atoms with van der Waals surface area (Å²) in [5.41, 5.74) is 2.49. The highest BCUT2D eigenvalue weighted by Crippen LogP contribution is 2.37. The lowest BCUT2D eigenvalue weighted by Crippen LogP contribution is -2.33. The molecule has 0 saturated heterocycles. The van der Waals surface area contributed by atoms with E-state index in [0.29, 0.717) is 0 Å². The Kier molecular flexibility index (Phi) is 5.64. The lowest BCUT2D eigenvalue weighted by Gasteiger charge is -2.31. The SMILES string of the molecule is Cc1nc(CC(CBr)(CBr)c2ccccc2Br)cs1. The molecule has 5 heteroatoms. The number of aryl methyl sites for hydroxylation is 1. The number of benzene rings is 1. The van der Waals surface area contributed by atoms with Gasteiger partial charge in [0.05, 0.1) is 10.7 Å². The van der Waals surface area contributed by atoms with E-state index in [4.69, 9.17) is 0 Å². The summed E-state index contributed by atoms with van der Waals surface area (Å²) < 4.78 is 1.15. The van der Waals surface area contributed by atoms with Gasteiger partial charge in [-0.1, -0.05) is 66.0 Å². The van der Waals surface area contributed by atoms with Crippen molar-refractivity contribution in [1.29, 1.82) is 0 Å². The summed E-state index contributed by atoms with van der Waals surface area (Å²) >= 11 is 12.8. The second-order valence-electron chi connectivity index (χ2n) is 4.56. The van der Waals surface area contributed by atoms with Crippen molar-refractivity contribution < 1.29 is 0 Å². The molecule has 1 nitrogen and oxygen atoms in total. The molecular formula is C14H14Br3NS. The predicted octanol–water partition coefficient (Wildman–Crippen LogP) is 5.48. The van der Waals surface area contributed by atoms with E-state index in [9.17, 15) is 0 Å². The third-order valence-electron chi connectivity index (χ3n) is 3.14. The zero-order valence-corrected chi connectivity index (χ0v) is 16.1. The van der Waals surface area contributed by atoms with Gasteiger partial charge in [0.25, 0.3) is 0 Å². The number of hydrogen-bond donors (Lipinski definition) is 0. The molecule has 1 aromatic carbocycles. The van der Waals surface area contributed by atoms with E-state index in [-0.39, 0.29) is 5.41 Å². The monoisotopic (exact) mass is 465 g/mol. The molecule has 1 aromatic heterocycles. The van der Waals surface area contributed by atoms with Gasteiger partial charge in [-0.25, -0.2) is 4.98 Å². The zero-order valence-electron chi connectivity index (χ0n) is 10.5. The predicted molar refractivity (Wildman–Crippen MR) is 94.0 cm³/mol. The van der Waals surface area contributed by atoms with Crippen molar-refractivity contribution in [2.24, 2.45) is 0 Å². The molecule has 0 unspecified atom stereocenters. The van der Waals surface area contributed by atoms with Gasteiger partial charge in [-0.2, -0.15) is 0 Å². The van der Waals surface area contributed by atoms with Gasteiger partial charge in [-0.05, 0) is 18.6 Å². The van der Waals surface area contributed by atoms with E-state index in [1.165, 1.54) is 5.56 Å². The van der Waals surface area contributed by atoms with Gasteiger partial charge in [0.1, 0.15) is 0 Å². The number of rotatable bonds is 5. The van der Waals surface area contributed by atoms with Crippen LogP contribution >= 0.6 is 59.1 Å². The number of nitrogens with zero attached hydrogens (tertiary/aromatic N) is 1. The van der Waals surface area contributed by atoms with E-state index >= 15 is 0 Å². The third kappa shape index (κ3) is 3.49. The van der Waals surface area contributed by atoms with Crippen LogP contribution in [0.5, 0.6) is 0 Å². The van der Waals surface area contributed by atoms with E-state index in [0.717, 1.165) is 32.3 Å². The molecule has 0 N–H and O–H groups in total. The van der Waals surface area contributed by atoms with Crippen molar-refractivity contribution >= 4 is 59.1 Å². The van der Waals surface area contributed by atoms with Crippen molar-refractivity contribution in [3.8, 4) is 0 Å². The quantitative estimate of drug-likeness (QED) is 0.530. The summed E-state index contributed by atoms with van der Waals surface area (Å²) in [6, 6.07) is 8.42. The fraction of sp³-hybridized carbons (Fsp3) is 0.357. The van der Waals surface area contributed by atoms with E-state index in [1.807, 2.05) is 6.07 Å². The second kappa shape index (κ2) is 6.83. The Hall–Kier alpha value is 0.290. The largest absolute Gasteiger partial charge is 0.247 e. The maximum atomic E-state index is 4.61. The summed E-state index contributed by atoms with van der Waals surface area (Å²) in [6.45, 7) is 2.05. The molecule has 0 radical (unpaired) electrons. The summed E-state index contributed by atoms with van der Waals surface area (Å²) in [5.74, 6) is 0. The Morgan fingerprint density at radius 1 is 1.21 bits per heavy atom. The topological polar surface area (TPSA) is 12.9 Å². The van der Waals surface area contributed by atoms with Crippen LogP contribution in [0.2, 0.25) is 0 Å². The van der Waals surface area contributed by atoms with E-state index < -0.39 is 0 Å². The smallest absolute Gasteiger partial charge is 0.0897 e. The fourth-order valence-electron chi connectivity index (χ4n) is 2.10. The standard InChI is InChI=1S/C14H14Br3NS/c1-10-18-11(7-19-10)6-14(8-15,9-16)12-4-2-3-5-13(12)17/h2-5,7H,6,8-9H2,1H3. The van der Waals surface area contributed by atoms with Crippen LogP contribution in [0.1, 0.15) is 16.3 Å². The highest BCUT2D eigenvalue weighted by molar-refractivity contribution is 9.10. The van der Waals surface area contributed by atoms with Gasteiger partial charge in [0, 0.05) is 32.3 Å². The summed E-state index contributed by atoms with van der Waals surface area (Å²) in [7, 11) is 0. The van der Waals surface area contributed by atoms with Crippen LogP contribution in [-0.2, 0) is 11.8 Å². The van der Waals surface area contributed by atoms with Crippen LogP contribution in [0, 0.1) is 6.92 Å². The van der Waals surface area contributed by atoms with E-state index in [1.54, 1.807) is 11.3 Å². The van der Waals surface area contributed by atoms with Crippen molar-refractivity contribution in [1.82, 2.24) is 4.98 Å². The highest BCUT2D eigenvalue weighted by atomic mass is 79.9. The molecule has 2 aromatic rings. The maximum absolute atomic E-state index is 4.61. The highest BCUT2D eigenvalue weighted by Gasteiger charge is 2.32. The molecule has 19 heavy (non-hydrogen) atoms. The van der Waals surface area contributed by atoms with Crippen molar-refractivity contribution in [2.75, 3.05) is 10.7 Å². The Balaban J connectivity index is 2.40. The van der Waals surface area contributed by atoms with Gasteiger partial charge >= 0.3 is 0 Å². The molecule has 0 saturated carbocycles. The molecule has 0 aliphatic rings. The number of halogens is 3. The molecule has 0 aliphatic heterocycles. The number of alkyl halides is 2. The Morgan fingerprint density at radius 3 is 2.42 bits per heavy atom. The molecule has 0 fully saturated rings. The number of thiazole rings is 1. The van der Waals surface area contributed by atoms with Crippen LogP contribution in [0.3, 0.4) is 0 Å². The molecule has 2 rings (SSSR count). The Labute approximate surface area is 143 Å². The van der Waals surface area contributed by atoms with Crippen molar-refractivity contribution in [2.45, 2.75) is 18.8 Å². The Bertz CT molecular complexity index is 549. The van der Waals surface area contributed by atoms with Gasteiger partial charge in [0.15, 0.2) is 0 Å². The Morgan fingerprint density at radius 2 is 1.89 bits per heavy atom. The first-order valence-electron chi connectivity index (χ1n) is 5.89. The first-order valence-corrected chi connectivity index (χ1v) is 9.81. The van der Waals surface area contributed by atoms with Crippen LogP contribution < -0.4 is 0 Å². The lowest BCUT2D eigenvalue weighted by atomic mass is 9.80. The minimum absolute atomic E-state index is 0.0145. The average molecular weight is 468 g/mol. The average Bonchev–Trinajstić information content (AvgIpc) is 2.82. The number of aromatic nitrogens is 1. The first-order chi connectivity index (χ1) is 9.11. The zero-order chi connectivity index (χ0) is 13.9. The summed E-state index contributed by atoms with van der Waals surface area (Å²) in [4.78, 5) is 4.61. The maximum Gasteiger partial charge on any atom is 0.0897 e. The second-order valence-corrected chi connectivity index (χ2v) is 7.60. The molecule has 0 bridgehead atoms. The van der Waals surface area contributed by atoms with Gasteiger partial charge in [0.2, 0.25) is 0 Å².